The highest BCUT2D eigenvalue weighted by Gasteiger charge is 1.92. The van der Waals surface area contributed by atoms with E-state index in [-0.39, 0.29) is 0 Å². The number of hydrogen-bond acceptors (Lipinski definition) is 2. The average molecular weight is 271 g/mol. The van der Waals surface area contributed by atoms with Gasteiger partial charge in [-0.1, -0.05) is 77.1 Å². The smallest absolute Gasteiger partial charge is 0.0247 e. The summed E-state index contributed by atoms with van der Waals surface area (Å²) in [5.74, 6) is 2.65. The maximum absolute atomic E-state index is 10.1. The van der Waals surface area contributed by atoms with E-state index < -0.39 is 11.1 Å². The fourth-order valence-electron chi connectivity index (χ4n) is 1.99. The third kappa shape index (κ3) is 15.7. The Labute approximate surface area is 115 Å². The summed E-state index contributed by atoms with van der Waals surface area (Å²) in [4.78, 5) is 0. The third-order valence-electron chi connectivity index (χ3n) is 3.06. The molecule has 0 amide bonds. The Morgan fingerprint density at radius 1 is 0.833 bits per heavy atom. The Bertz CT molecular complexity index is 253. The summed E-state index contributed by atoms with van der Waals surface area (Å²) in [5, 5.41) is 2.15. The molecule has 0 bridgehead atoms. The van der Waals surface area contributed by atoms with E-state index in [1.165, 1.54) is 64.2 Å². The predicted molar refractivity (Wildman–Crippen MR) is 77.8 cm³/mol. The lowest BCUT2D eigenvalue weighted by Crippen LogP contribution is -1.82. The molecule has 0 saturated carbocycles. The zero-order chi connectivity index (χ0) is 13.5. The molecular formula is C15H27O2S-. The maximum atomic E-state index is 10.1. The Hall–Kier alpha value is -0.330. The van der Waals surface area contributed by atoms with Crippen LogP contribution >= 0.6 is 0 Å². The molecule has 0 heterocycles. The monoisotopic (exact) mass is 271 g/mol. The van der Waals surface area contributed by atoms with Crippen LogP contribution in [0.25, 0.3) is 0 Å². The first-order valence-electron chi connectivity index (χ1n) is 7.35. The van der Waals surface area contributed by atoms with E-state index in [0.29, 0.717) is 6.42 Å². The van der Waals surface area contributed by atoms with Gasteiger partial charge < -0.3 is 4.55 Å². The molecule has 3 heteroatoms. The first-order chi connectivity index (χ1) is 8.77. The molecule has 0 aromatic carbocycles. The van der Waals surface area contributed by atoms with E-state index in [4.69, 9.17) is 0 Å². The molecular weight excluding hydrogens is 244 g/mol. The summed E-state index contributed by atoms with van der Waals surface area (Å²) in [6.45, 7) is 2.25. The molecule has 1 atom stereocenters. The lowest BCUT2D eigenvalue weighted by atomic mass is 10.1. The van der Waals surface area contributed by atoms with Crippen LogP contribution in [0.4, 0.5) is 0 Å². The Morgan fingerprint density at radius 2 is 1.28 bits per heavy atom. The highest BCUT2D eigenvalue weighted by atomic mass is 32.2. The second-order valence-corrected chi connectivity index (χ2v) is 5.47. The zero-order valence-corrected chi connectivity index (χ0v) is 12.5. The van der Waals surface area contributed by atoms with Gasteiger partial charge in [-0.25, -0.2) is 0 Å². The van der Waals surface area contributed by atoms with E-state index in [1.54, 1.807) is 0 Å². The van der Waals surface area contributed by atoms with Crippen LogP contribution < -0.4 is 0 Å². The van der Waals surface area contributed by atoms with Gasteiger partial charge >= 0.3 is 0 Å². The van der Waals surface area contributed by atoms with Crippen LogP contribution in [0.15, 0.2) is 0 Å². The average Bonchev–Trinajstić information content (AvgIpc) is 2.34. The first kappa shape index (κ1) is 17.7. The molecule has 0 saturated heterocycles. The number of rotatable bonds is 11. The van der Waals surface area contributed by atoms with Crippen molar-refractivity contribution in [1.82, 2.24) is 0 Å². The van der Waals surface area contributed by atoms with Crippen LogP contribution in [-0.2, 0) is 11.1 Å². The minimum absolute atomic E-state index is 0.713. The highest BCUT2D eigenvalue weighted by Crippen LogP contribution is 2.11. The van der Waals surface area contributed by atoms with Gasteiger partial charge in [0.15, 0.2) is 0 Å². The standard InChI is InChI=1S/C15H28O2S/c1-2-3-4-5-6-7-8-9-10-11-12-13-14-15-18(16)17/h2-13H2,1H3,(H,16,17)/p-1. The normalized spacial score (nSPS) is 11.9. The molecule has 18 heavy (non-hydrogen) atoms. The van der Waals surface area contributed by atoms with Crippen LogP contribution in [0.1, 0.15) is 84.0 Å². The van der Waals surface area contributed by atoms with Gasteiger partial charge in [-0.2, -0.15) is 0 Å². The van der Waals surface area contributed by atoms with Gasteiger partial charge in [-0.15, -0.1) is 0 Å². The summed E-state index contributed by atoms with van der Waals surface area (Å²) in [6.07, 6.45) is 15.1. The first-order valence-corrected chi connectivity index (χ1v) is 8.42. The topological polar surface area (TPSA) is 40.1 Å². The quantitative estimate of drug-likeness (QED) is 0.315. The van der Waals surface area contributed by atoms with Crippen molar-refractivity contribution in [2.24, 2.45) is 0 Å². The third-order valence-corrected chi connectivity index (χ3v) is 3.37. The summed E-state index contributed by atoms with van der Waals surface area (Å²) in [6, 6.07) is 0. The van der Waals surface area contributed by atoms with Gasteiger partial charge in [-0.05, 0) is 11.7 Å². The van der Waals surface area contributed by atoms with Gasteiger partial charge in [0.2, 0.25) is 0 Å². The van der Waals surface area contributed by atoms with Crippen LogP contribution in [0.2, 0.25) is 0 Å². The second kappa shape index (κ2) is 14.7. The Balaban J connectivity index is 3.04. The van der Waals surface area contributed by atoms with E-state index in [1.807, 2.05) is 0 Å². The van der Waals surface area contributed by atoms with E-state index in [2.05, 4.69) is 18.1 Å². The SMILES string of the molecule is CCCCCCCCCCCCCC#CS(=O)[O-]. The van der Waals surface area contributed by atoms with Crippen LogP contribution in [0.3, 0.4) is 0 Å². The lowest BCUT2D eigenvalue weighted by molar-refractivity contribution is 0.548. The van der Waals surface area contributed by atoms with Crippen LogP contribution in [0.5, 0.6) is 0 Å². The van der Waals surface area contributed by atoms with E-state index in [0.717, 1.165) is 6.42 Å². The molecule has 0 radical (unpaired) electrons. The molecule has 0 aliphatic heterocycles. The lowest BCUT2D eigenvalue weighted by Gasteiger charge is -2.01. The molecule has 106 valence electrons. The molecule has 0 spiro atoms. The molecule has 0 fully saturated rings. The minimum Gasteiger partial charge on any atom is -0.762 e. The molecule has 0 aromatic rings. The van der Waals surface area contributed by atoms with Gasteiger partial charge in [0.05, 0.1) is 0 Å². The molecule has 0 N–H and O–H groups in total. The van der Waals surface area contributed by atoms with Crippen molar-refractivity contribution in [3.8, 4) is 11.2 Å². The fraction of sp³-hybridized carbons (Fsp3) is 0.867. The number of unbranched alkanes of at least 4 members (excludes halogenated alkanes) is 11. The molecule has 0 aromatic heterocycles. The van der Waals surface area contributed by atoms with Crippen molar-refractivity contribution >= 4 is 11.1 Å². The Kier molecular flexibility index (Phi) is 14.5. The van der Waals surface area contributed by atoms with Crippen molar-refractivity contribution in [3.05, 3.63) is 0 Å². The maximum Gasteiger partial charge on any atom is 0.0247 e. The molecule has 0 rings (SSSR count). The Morgan fingerprint density at radius 3 is 1.72 bits per heavy atom. The van der Waals surface area contributed by atoms with Crippen molar-refractivity contribution in [2.75, 3.05) is 0 Å². The predicted octanol–water partition coefficient (Wildman–Crippen LogP) is 4.53. The fourth-order valence-corrected chi connectivity index (χ4v) is 2.21. The van der Waals surface area contributed by atoms with Crippen LogP contribution in [-0.4, -0.2) is 8.76 Å². The van der Waals surface area contributed by atoms with Gasteiger partial charge in [-0.3, -0.25) is 4.21 Å². The van der Waals surface area contributed by atoms with Gasteiger partial charge in [0.1, 0.15) is 0 Å². The van der Waals surface area contributed by atoms with Crippen LogP contribution in [0, 0.1) is 11.2 Å². The van der Waals surface area contributed by atoms with E-state index in [9.17, 15) is 8.76 Å². The summed E-state index contributed by atoms with van der Waals surface area (Å²) < 4.78 is 20.3. The van der Waals surface area contributed by atoms with E-state index >= 15 is 0 Å². The van der Waals surface area contributed by atoms with Crippen molar-refractivity contribution < 1.29 is 8.76 Å². The number of hydrogen-bond donors (Lipinski definition) is 0. The van der Waals surface area contributed by atoms with Gasteiger partial charge in [0.25, 0.3) is 0 Å². The molecule has 2 nitrogen and oxygen atoms in total. The second-order valence-electron chi connectivity index (χ2n) is 4.80. The van der Waals surface area contributed by atoms with Crippen molar-refractivity contribution in [1.29, 1.82) is 0 Å². The minimum atomic E-state index is -2.19. The largest absolute Gasteiger partial charge is 0.762 e. The zero-order valence-electron chi connectivity index (χ0n) is 11.7. The van der Waals surface area contributed by atoms with Gasteiger partial charge in [0, 0.05) is 17.5 Å². The summed E-state index contributed by atoms with van der Waals surface area (Å²) in [7, 11) is 0. The highest BCUT2D eigenvalue weighted by molar-refractivity contribution is 7.84. The van der Waals surface area contributed by atoms with Crippen molar-refractivity contribution in [3.63, 3.8) is 0 Å². The molecule has 0 aliphatic carbocycles. The van der Waals surface area contributed by atoms with Crippen molar-refractivity contribution in [2.45, 2.75) is 84.0 Å². The summed E-state index contributed by atoms with van der Waals surface area (Å²) >= 11 is -2.19. The molecule has 0 aliphatic rings. The summed E-state index contributed by atoms with van der Waals surface area (Å²) in [5.41, 5.74) is 0. The molecule has 1 unspecified atom stereocenters.